The van der Waals surface area contributed by atoms with Crippen molar-refractivity contribution in [2.75, 3.05) is 0 Å². The Morgan fingerprint density at radius 3 is 1.98 bits per heavy atom. The quantitative estimate of drug-likeness (QED) is 0.117. The fourth-order valence-corrected chi connectivity index (χ4v) is 9.71. The summed E-state index contributed by atoms with van der Waals surface area (Å²) < 4.78 is 9.12. The normalized spacial score (nSPS) is 13.0. The number of amidine groups is 1. The summed E-state index contributed by atoms with van der Waals surface area (Å²) in [6, 6.07) is 73.6. The molecule has 1 unspecified atom stereocenters. The number of aromatic nitrogens is 1. The number of para-hydroxylation sites is 1. The first-order valence-corrected chi connectivity index (χ1v) is 22.2. The maximum absolute atomic E-state index is 6.67. The van der Waals surface area contributed by atoms with Crippen LogP contribution in [0.1, 0.15) is 31.4 Å². The molecule has 0 aliphatic heterocycles. The molecule has 12 aromatic rings. The average Bonchev–Trinajstić information content (AvgIpc) is 3.90. The van der Waals surface area contributed by atoms with E-state index in [9.17, 15) is 0 Å². The molecule has 0 spiro atoms. The number of benzene rings is 10. The zero-order valence-electron chi connectivity index (χ0n) is 35.7. The van der Waals surface area contributed by atoms with E-state index in [4.69, 9.17) is 14.4 Å². The fraction of sp³-hybridized carbons (Fsp3) is 0.0667. The number of furan rings is 1. The van der Waals surface area contributed by atoms with Crippen molar-refractivity contribution in [3.05, 3.63) is 217 Å². The van der Waals surface area contributed by atoms with Gasteiger partial charge in [0.25, 0.3) is 0 Å². The number of rotatable bonds is 7. The van der Waals surface area contributed by atoms with E-state index in [1.165, 1.54) is 43.1 Å². The van der Waals surface area contributed by atoms with E-state index in [0.717, 1.165) is 78.7 Å². The van der Waals surface area contributed by atoms with E-state index in [1.807, 2.05) is 12.1 Å². The van der Waals surface area contributed by atoms with Crippen molar-refractivity contribution in [2.24, 2.45) is 15.9 Å². The van der Waals surface area contributed by atoms with Crippen LogP contribution in [0.2, 0.25) is 0 Å². The van der Waals surface area contributed by atoms with Gasteiger partial charge in [-0.25, -0.2) is 9.98 Å². The molecule has 0 radical (unpaired) electrons. The molecule has 2 heterocycles. The molecule has 0 fully saturated rings. The van der Waals surface area contributed by atoms with E-state index < -0.39 is 0 Å². The Bertz CT molecular complexity index is 3840. The minimum absolute atomic E-state index is 0.135. The second-order valence-corrected chi connectivity index (χ2v) is 16.9. The second kappa shape index (κ2) is 15.4. The van der Waals surface area contributed by atoms with Crippen molar-refractivity contribution in [3.63, 3.8) is 0 Å². The van der Waals surface area contributed by atoms with Gasteiger partial charge >= 0.3 is 0 Å². The van der Waals surface area contributed by atoms with Gasteiger partial charge in [0.1, 0.15) is 16.9 Å². The maximum atomic E-state index is 6.67. The van der Waals surface area contributed by atoms with Gasteiger partial charge in [0.05, 0.1) is 27.8 Å². The molecular weight excluding hydrogens is 779 g/mol. The first kappa shape index (κ1) is 37.7. The molecular formula is C60H43N3O. The van der Waals surface area contributed by atoms with Crippen LogP contribution < -0.4 is 0 Å². The van der Waals surface area contributed by atoms with Crippen molar-refractivity contribution in [1.29, 1.82) is 0 Å². The number of hydrogen-bond acceptors (Lipinski definition) is 2. The largest absolute Gasteiger partial charge is 0.456 e. The third kappa shape index (κ3) is 6.21. The third-order valence-electron chi connectivity index (χ3n) is 13.1. The monoisotopic (exact) mass is 821 g/mol. The maximum Gasteiger partial charge on any atom is 0.160 e. The van der Waals surface area contributed by atoms with Gasteiger partial charge < -0.3 is 8.98 Å². The van der Waals surface area contributed by atoms with E-state index >= 15 is 0 Å². The van der Waals surface area contributed by atoms with Crippen molar-refractivity contribution in [1.82, 2.24) is 4.57 Å². The summed E-state index contributed by atoms with van der Waals surface area (Å²) in [5, 5.41) is 11.4. The van der Waals surface area contributed by atoms with E-state index in [-0.39, 0.29) is 5.92 Å². The second-order valence-electron chi connectivity index (χ2n) is 16.9. The first-order valence-electron chi connectivity index (χ1n) is 22.2. The van der Waals surface area contributed by atoms with Crippen LogP contribution in [0.25, 0.3) is 92.9 Å². The summed E-state index contributed by atoms with van der Waals surface area (Å²) in [6.07, 6.45) is 0.912. The molecule has 304 valence electrons. The van der Waals surface area contributed by atoms with E-state index in [2.05, 4.69) is 213 Å². The molecule has 0 bridgehead atoms. The van der Waals surface area contributed by atoms with Crippen molar-refractivity contribution < 1.29 is 4.42 Å². The van der Waals surface area contributed by atoms with E-state index in [1.54, 1.807) is 0 Å². The lowest BCUT2D eigenvalue weighted by Crippen LogP contribution is -2.15. The Balaban J connectivity index is 1.24. The van der Waals surface area contributed by atoms with Gasteiger partial charge in [-0.3, -0.25) is 0 Å². The third-order valence-corrected chi connectivity index (χ3v) is 13.1. The van der Waals surface area contributed by atoms with Crippen LogP contribution in [0.3, 0.4) is 0 Å². The summed E-state index contributed by atoms with van der Waals surface area (Å²) in [7, 11) is 0. The van der Waals surface area contributed by atoms with Crippen LogP contribution in [0.15, 0.2) is 221 Å². The van der Waals surface area contributed by atoms with Gasteiger partial charge in [-0.2, -0.15) is 0 Å². The Hall–Kier alpha value is -8.08. The van der Waals surface area contributed by atoms with Crippen LogP contribution in [0.4, 0.5) is 5.69 Å². The topological polar surface area (TPSA) is 42.8 Å². The molecule has 0 aliphatic rings. The van der Waals surface area contributed by atoms with Crippen LogP contribution in [-0.4, -0.2) is 16.1 Å². The van der Waals surface area contributed by atoms with E-state index in [0.29, 0.717) is 5.84 Å². The predicted octanol–water partition coefficient (Wildman–Crippen LogP) is 16.4. The molecule has 0 saturated carbocycles. The van der Waals surface area contributed by atoms with Crippen molar-refractivity contribution >= 4 is 93.3 Å². The molecule has 0 saturated heterocycles. The van der Waals surface area contributed by atoms with Crippen LogP contribution in [-0.2, 0) is 0 Å². The highest BCUT2D eigenvalue weighted by atomic mass is 16.3. The Labute approximate surface area is 371 Å². The van der Waals surface area contributed by atoms with Gasteiger partial charge in [-0.1, -0.05) is 184 Å². The standard InChI is InChI=1S/C60H43N3O/c1-3-38(2)57(48-29-16-23-40-19-9-11-26-46(40)48)61-60(45-25-15-24-42(35-45)39-17-5-4-6-18-39)62-58-52(33-34-55-56(58)50-28-13-14-30-54(50)64-55)63-53-37-44-22-8-7-21-43(44)36-51(53)49-32-31-41-20-10-12-27-47(41)59(49)63/h4-38H,3H2,1-2H3/b61-57+,62-60-. The minimum Gasteiger partial charge on any atom is -0.456 e. The van der Waals surface area contributed by atoms with Gasteiger partial charge in [0, 0.05) is 32.7 Å². The highest BCUT2D eigenvalue weighted by Crippen LogP contribution is 2.45. The zero-order chi connectivity index (χ0) is 42.7. The molecule has 4 heteroatoms. The molecule has 10 aromatic carbocycles. The molecule has 64 heavy (non-hydrogen) atoms. The Morgan fingerprint density at radius 2 is 1.17 bits per heavy atom. The lowest BCUT2D eigenvalue weighted by molar-refractivity contribution is 0.669. The molecule has 0 aliphatic carbocycles. The number of nitrogens with zero attached hydrogens (tertiary/aromatic N) is 3. The molecule has 0 amide bonds. The predicted molar refractivity (Wildman–Crippen MR) is 271 cm³/mol. The van der Waals surface area contributed by atoms with Gasteiger partial charge in [-0.05, 0) is 86.8 Å². The lowest BCUT2D eigenvalue weighted by atomic mass is 9.92. The van der Waals surface area contributed by atoms with Crippen molar-refractivity contribution in [2.45, 2.75) is 20.3 Å². The lowest BCUT2D eigenvalue weighted by Gasteiger charge is -2.18. The smallest absolute Gasteiger partial charge is 0.160 e. The van der Waals surface area contributed by atoms with Crippen LogP contribution in [0.5, 0.6) is 0 Å². The van der Waals surface area contributed by atoms with Gasteiger partial charge in [0.15, 0.2) is 5.84 Å². The number of hydrogen-bond donors (Lipinski definition) is 0. The summed E-state index contributed by atoms with van der Waals surface area (Å²) in [5.74, 6) is 0.770. The Morgan fingerprint density at radius 1 is 0.516 bits per heavy atom. The number of aliphatic imine (C=N–C) groups is 2. The minimum atomic E-state index is 0.135. The van der Waals surface area contributed by atoms with Crippen LogP contribution >= 0.6 is 0 Å². The highest BCUT2D eigenvalue weighted by molar-refractivity contribution is 6.23. The van der Waals surface area contributed by atoms with Gasteiger partial charge in [-0.15, -0.1) is 0 Å². The molecule has 2 aromatic heterocycles. The summed E-state index contributed by atoms with van der Waals surface area (Å²) in [6.45, 7) is 4.52. The SMILES string of the molecule is CCC(C)/C(=N\C(=N/c1c(-n2c3cc4ccccc4cc3c3ccc4ccccc4c32)ccc2oc3ccccc3c12)c1cccc(-c2ccccc2)c1)c1cccc2ccccc12. The van der Waals surface area contributed by atoms with Crippen LogP contribution in [0, 0.1) is 5.92 Å². The zero-order valence-corrected chi connectivity index (χ0v) is 35.7. The fourth-order valence-electron chi connectivity index (χ4n) is 9.71. The molecule has 1 atom stereocenters. The summed E-state index contributed by atoms with van der Waals surface area (Å²) in [4.78, 5) is 11.7. The van der Waals surface area contributed by atoms with Gasteiger partial charge in [0.2, 0.25) is 0 Å². The van der Waals surface area contributed by atoms with Crippen molar-refractivity contribution in [3.8, 4) is 16.8 Å². The highest BCUT2D eigenvalue weighted by Gasteiger charge is 2.24. The molecule has 4 nitrogen and oxygen atoms in total. The Kier molecular flexibility index (Phi) is 9.05. The first-order chi connectivity index (χ1) is 31.6. The summed E-state index contributed by atoms with van der Waals surface area (Å²) >= 11 is 0. The molecule has 12 rings (SSSR count). The molecule has 0 N–H and O–H groups in total. The average molecular weight is 822 g/mol. The summed E-state index contributed by atoms with van der Waals surface area (Å²) in [5.41, 5.74) is 10.9. The number of fused-ring (bicyclic) bond motifs is 10.